The van der Waals surface area contributed by atoms with Gasteiger partial charge in [-0.25, -0.2) is 4.79 Å². The summed E-state index contributed by atoms with van der Waals surface area (Å²) in [4.78, 5) is 11.8. The molecule has 0 saturated heterocycles. The molecule has 4 nitrogen and oxygen atoms in total. The molecule has 2 N–H and O–H groups in total. The highest BCUT2D eigenvalue weighted by Gasteiger charge is 2.18. The van der Waals surface area contributed by atoms with Crippen molar-refractivity contribution in [2.45, 2.75) is 25.9 Å². The van der Waals surface area contributed by atoms with Gasteiger partial charge in [0.05, 0.1) is 22.8 Å². The molecule has 0 fully saturated rings. The standard InChI is InChI=1S/C13H18ClNO3/c1-13(2,17-3)6-7-18-12(16)10-8-9(15)4-5-11(10)14/h4-5,8H,6-7,15H2,1-3H3. The Morgan fingerprint density at radius 3 is 2.72 bits per heavy atom. The number of benzene rings is 1. The second-order valence-corrected chi connectivity index (χ2v) is 5.00. The Balaban J connectivity index is 2.58. The lowest BCUT2D eigenvalue weighted by Crippen LogP contribution is -2.25. The van der Waals surface area contributed by atoms with E-state index >= 15 is 0 Å². The first-order valence-corrected chi connectivity index (χ1v) is 6.01. The Hall–Kier alpha value is -1.26. The minimum atomic E-state index is -0.473. The van der Waals surface area contributed by atoms with Gasteiger partial charge in [-0.15, -0.1) is 0 Å². The first-order valence-electron chi connectivity index (χ1n) is 5.63. The molecule has 0 amide bonds. The summed E-state index contributed by atoms with van der Waals surface area (Å²) in [6.07, 6.45) is 0.606. The van der Waals surface area contributed by atoms with Crippen LogP contribution in [0.4, 0.5) is 5.69 Å². The van der Waals surface area contributed by atoms with Crippen LogP contribution in [0.3, 0.4) is 0 Å². The third-order valence-electron chi connectivity index (χ3n) is 2.70. The molecule has 0 spiro atoms. The van der Waals surface area contributed by atoms with Gasteiger partial charge in [0.1, 0.15) is 0 Å². The van der Waals surface area contributed by atoms with Crippen LogP contribution in [-0.4, -0.2) is 25.3 Å². The summed E-state index contributed by atoms with van der Waals surface area (Å²) in [6.45, 7) is 4.12. The van der Waals surface area contributed by atoms with Crippen molar-refractivity contribution in [1.29, 1.82) is 0 Å². The number of rotatable bonds is 5. The van der Waals surface area contributed by atoms with Crippen molar-refractivity contribution in [1.82, 2.24) is 0 Å². The molecular weight excluding hydrogens is 254 g/mol. The average Bonchev–Trinajstić information content (AvgIpc) is 2.32. The number of anilines is 1. The number of esters is 1. The molecule has 0 aromatic heterocycles. The largest absolute Gasteiger partial charge is 0.462 e. The summed E-state index contributed by atoms with van der Waals surface area (Å²) in [5.41, 5.74) is 6.04. The molecule has 1 aromatic rings. The van der Waals surface area contributed by atoms with Gasteiger partial charge in [-0.3, -0.25) is 0 Å². The van der Waals surface area contributed by atoms with Crippen molar-refractivity contribution < 1.29 is 14.3 Å². The van der Waals surface area contributed by atoms with Crippen LogP contribution >= 0.6 is 11.6 Å². The number of halogens is 1. The average molecular weight is 272 g/mol. The van der Waals surface area contributed by atoms with E-state index in [0.717, 1.165) is 0 Å². The highest BCUT2D eigenvalue weighted by atomic mass is 35.5. The molecule has 5 heteroatoms. The molecule has 18 heavy (non-hydrogen) atoms. The van der Waals surface area contributed by atoms with E-state index in [4.69, 9.17) is 26.8 Å². The monoisotopic (exact) mass is 271 g/mol. The van der Waals surface area contributed by atoms with E-state index in [1.807, 2.05) is 13.8 Å². The zero-order valence-electron chi connectivity index (χ0n) is 10.8. The van der Waals surface area contributed by atoms with Gasteiger partial charge >= 0.3 is 5.97 Å². The minimum Gasteiger partial charge on any atom is -0.462 e. The Morgan fingerprint density at radius 1 is 1.44 bits per heavy atom. The second kappa shape index (κ2) is 6.07. The number of ether oxygens (including phenoxy) is 2. The molecule has 0 heterocycles. The summed E-state index contributed by atoms with van der Waals surface area (Å²) in [5.74, 6) is -0.473. The van der Waals surface area contributed by atoms with Crippen molar-refractivity contribution >= 4 is 23.3 Å². The fourth-order valence-electron chi connectivity index (χ4n) is 1.27. The summed E-state index contributed by atoms with van der Waals surface area (Å²) < 4.78 is 10.4. The van der Waals surface area contributed by atoms with Crippen molar-refractivity contribution in [3.05, 3.63) is 28.8 Å². The third kappa shape index (κ3) is 4.20. The van der Waals surface area contributed by atoms with Gasteiger partial charge in [-0.05, 0) is 32.0 Å². The van der Waals surface area contributed by atoms with E-state index < -0.39 is 5.97 Å². The number of carbonyl (C=O) groups is 1. The zero-order chi connectivity index (χ0) is 13.8. The lowest BCUT2D eigenvalue weighted by atomic mass is 10.1. The van der Waals surface area contributed by atoms with Gasteiger partial charge in [-0.2, -0.15) is 0 Å². The number of nitrogen functional groups attached to an aromatic ring is 1. The van der Waals surface area contributed by atoms with Crippen molar-refractivity contribution in [3.63, 3.8) is 0 Å². The lowest BCUT2D eigenvalue weighted by Gasteiger charge is -2.22. The Morgan fingerprint density at radius 2 is 2.11 bits per heavy atom. The van der Waals surface area contributed by atoms with E-state index in [-0.39, 0.29) is 17.8 Å². The maximum absolute atomic E-state index is 11.8. The van der Waals surface area contributed by atoms with Crippen molar-refractivity contribution in [3.8, 4) is 0 Å². The van der Waals surface area contributed by atoms with E-state index in [1.54, 1.807) is 19.2 Å². The summed E-state index contributed by atoms with van der Waals surface area (Å²) in [7, 11) is 1.62. The minimum absolute atomic E-state index is 0.269. The molecule has 0 unspecified atom stereocenters. The van der Waals surface area contributed by atoms with Crippen LogP contribution in [-0.2, 0) is 9.47 Å². The van der Waals surface area contributed by atoms with E-state index in [9.17, 15) is 4.79 Å². The molecule has 1 aromatic carbocycles. The van der Waals surface area contributed by atoms with Gasteiger partial charge in [0.15, 0.2) is 0 Å². The number of carbonyl (C=O) groups excluding carboxylic acids is 1. The number of hydrogen-bond acceptors (Lipinski definition) is 4. The predicted molar refractivity (Wildman–Crippen MR) is 71.9 cm³/mol. The normalized spacial score (nSPS) is 11.3. The van der Waals surface area contributed by atoms with Gasteiger partial charge in [0.25, 0.3) is 0 Å². The smallest absolute Gasteiger partial charge is 0.339 e. The fourth-order valence-corrected chi connectivity index (χ4v) is 1.46. The van der Waals surface area contributed by atoms with Crippen molar-refractivity contribution in [2.75, 3.05) is 19.5 Å². The number of hydrogen-bond donors (Lipinski definition) is 1. The molecule has 100 valence electrons. The Bertz CT molecular complexity index is 432. The maximum Gasteiger partial charge on any atom is 0.339 e. The molecule has 0 bridgehead atoms. The second-order valence-electron chi connectivity index (χ2n) is 4.59. The molecule has 1 rings (SSSR count). The molecule has 0 aliphatic rings. The number of nitrogens with two attached hydrogens (primary N) is 1. The molecular formula is C13H18ClNO3. The van der Waals surface area contributed by atoms with Crippen LogP contribution in [0.25, 0.3) is 0 Å². The molecule has 0 aliphatic carbocycles. The highest BCUT2D eigenvalue weighted by Crippen LogP contribution is 2.20. The summed E-state index contributed by atoms with van der Waals surface area (Å²) in [6, 6.07) is 4.71. The van der Waals surface area contributed by atoms with E-state index in [2.05, 4.69) is 0 Å². The van der Waals surface area contributed by atoms with Gasteiger partial charge < -0.3 is 15.2 Å². The third-order valence-corrected chi connectivity index (χ3v) is 3.03. The van der Waals surface area contributed by atoms with Gasteiger partial charge in [0.2, 0.25) is 0 Å². The zero-order valence-corrected chi connectivity index (χ0v) is 11.6. The van der Waals surface area contributed by atoms with Crippen LogP contribution in [0.1, 0.15) is 30.6 Å². The molecule has 0 atom stereocenters. The van der Waals surface area contributed by atoms with Crippen LogP contribution in [0.2, 0.25) is 5.02 Å². The maximum atomic E-state index is 11.8. The van der Waals surface area contributed by atoms with Crippen molar-refractivity contribution in [2.24, 2.45) is 0 Å². The molecule has 0 aliphatic heterocycles. The van der Waals surface area contributed by atoms with E-state index in [0.29, 0.717) is 17.1 Å². The van der Waals surface area contributed by atoms with Gasteiger partial charge in [0, 0.05) is 19.2 Å². The number of methoxy groups -OCH3 is 1. The Kier molecular flexibility index (Phi) is 4.99. The highest BCUT2D eigenvalue weighted by molar-refractivity contribution is 6.33. The molecule has 0 radical (unpaired) electrons. The summed E-state index contributed by atoms with van der Waals surface area (Å²) in [5, 5.41) is 0.334. The summed E-state index contributed by atoms with van der Waals surface area (Å²) >= 11 is 5.91. The lowest BCUT2D eigenvalue weighted by molar-refractivity contribution is -0.00562. The van der Waals surface area contributed by atoms with Gasteiger partial charge in [-0.1, -0.05) is 11.6 Å². The first-order chi connectivity index (χ1) is 8.35. The first kappa shape index (κ1) is 14.8. The van der Waals surface area contributed by atoms with Crippen LogP contribution < -0.4 is 5.73 Å². The topological polar surface area (TPSA) is 61.5 Å². The van der Waals surface area contributed by atoms with E-state index in [1.165, 1.54) is 6.07 Å². The molecule has 0 saturated carbocycles. The predicted octanol–water partition coefficient (Wildman–Crippen LogP) is 2.89. The quantitative estimate of drug-likeness (QED) is 0.661. The Labute approximate surface area is 112 Å². The van der Waals surface area contributed by atoms with Crippen LogP contribution in [0.5, 0.6) is 0 Å². The van der Waals surface area contributed by atoms with Crippen LogP contribution in [0.15, 0.2) is 18.2 Å². The SMILES string of the molecule is COC(C)(C)CCOC(=O)c1cc(N)ccc1Cl. The fraction of sp³-hybridized carbons (Fsp3) is 0.462. The van der Waals surface area contributed by atoms with Crippen LogP contribution in [0, 0.1) is 0 Å².